The minimum Gasteiger partial charge on any atom is -0.497 e. The third kappa shape index (κ3) is 5.26. The van der Waals surface area contributed by atoms with E-state index in [0.717, 1.165) is 5.56 Å². The number of carbonyl (C=O) groups excluding carboxylic acids is 1. The molecule has 0 N–H and O–H groups in total. The van der Waals surface area contributed by atoms with Gasteiger partial charge >= 0.3 is 6.16 Å². The van der Waals surface area contributed by atoms with E-state index in [-0.39, 0.29) is 13.2 Å². The second-order valence-electron chi connectivity index (χ2n) is 3.28. The molecule has 0 saturated carbocycles. The molecule has 0 aromatic heterocycles. The normalized spacial score (nSPS) is 9.00. The van der Waals surface area contributed by atoms with Crippen molar-refractivity contribution in [3.05, 3.63) is 23.8 Å². The Morgan fingerprint density at radius 2 is 2.05 bits per heavy atom. The molecule has 0 amide bonds. The number of benzene rings is 1. The summed E-state index contributed by atoms with van der Waals surface area (Å²) in [5.74, 6) is 3.84. The molecule has 0 aliphatic rings. The Bertz CT molecular complexity index is 490. The van der Waals surface area contributed by atoms with E-state index in [0.29, 0.717) is 11.5 Å². The molecule has 0 spiro atoms. The van der Waals surface area contributed by atoms with E-state index >= 15 is 0 Å². The van der Waals surface area contributed by atoms with Crippen LogP contribution in [0.2, 0.25) is 0 Å². The van der Waals surface area contributed by atoms with Crippen molar-refractivity contribution in [3.63, 3.8) is 0 Å². The van der Waals surface area contributed by atoms with Gasteiger partial charge in [-0.2, -0.15) is 0 Å². The first-order valence-electron chi connectivity index (χ1n) is 5.30. The number of halogens is 1. The molecular weight excluding hydrogens is 363 g/mol. The topological polar surface area (TPSA) is 54.0 Å². The van der Waals surface area contributed by atoms with E-state index in [1.807, 2.05) is 22.6 Å². The van der Waals surface area contributed by atoms with Crippen LogP contribution in [0.3, 0.4) is 0 Å². The first-order chi connectivity index (χ1) is 9.21. The third-order valence-corrected chi connectivity index (χ3v) is 2.55. The first kappa shape index (κ1) is 15.4. The zero-order chi connectivity index (χ0) is 14.1. The van der Waals surface area contributed by atoms with E-state index in [2.05, 4.69) is 9.85 Å². The van der Waals surface area contributed by atoms with Crippen LogP contribution in [0.15, 0.2) is 18.2 Å². The second kappa shape index (κ2) is 8.48. The smallest absolute Gasteiger partial charge is 0.497 e. The number of rotatable bonds is 5. The molecule has 0 radical (unpaired) electrons. The summed E-state index contributed by atoms with van der Waals surface area (Å²) in [4.78, 5) is 11.2. The molecule has 19 heavy (non-hydrogen) atoms. The van der Waals surface area contributed by atoms with E-state index in [1.165, 1.54) is 7.11 Å². The minimum absolute atomic E-state index is 0.0154. The quantitative estimate of drug-likeness (QED) is 0.450. The number of hydrogen-bond acceptors (Lipinski definition) is 5. The van der Waals surface area contributed by atoms with Crippen molar-refractivity contribution in [2.45, 2.75) is 6.61 Å². The van der Waals surface area contributed by atoms with Gasteiger partial charge in [0.25, 0.3) is 0 Å². The van der Waals surface area contributed by atoms with E-state index in [1.54, 1.807) is 25.3 Å². The van der Waals surface area contributed by atoms with Gasteiger partial charge in [-0.1, -0.05) is 5.92 Å². The van der Waals surface area contributed by atoms with Crippen LogP contribution >= 0.6 is 22.6 Å². The average Bonchev–Trinajstić information content (AvgIpc) is 2.45. The lowest BCUT2D eigenvalue weighted by atomic mass is 10.2. The van der Waals surface area contributed by atoms with Crippen LogP contribution in [0.25, 0.3) is 0 Å². The van der Waals surface area contributed by atoms with Crippen LogP contribution in [0.4, 0.5) is 4.79 Å². The van der Waals surface area contributed by atoms with E-state index in [9.17, 15) is 4.79 Å². The maximum atomic E-state index is 11.2. The maximum Gasteiger partial charge on any atom is 0.509 e. The van der Waals surface area contributed by atoms with Gasteiger partial charge in [0.1, 0.15) is 18.1 Å². The van der Waals surface area contributed by atoms with Crippen molar-refractivity contribution in [3.8, 4) is 21.3 Å². The van der Waals surface area contributed by atoms with Crippen LogP contribution in [0.1, 0.15) is 5.56 Å². The van der Waals surface area contributed by atoms with E-state index < -0.39 is 6.16 Å². The zero-order valence-electron chi connectivity index (χ0n) is 10.6. The number of hydrogen-bond donors (Lipinski definition) is 0. The molecule has 0 fully saturated rings. The molecule has 0 saturated heterocycles. The Balaban J connectivity index is 2.56. The number of ether oxygens (including phenoxy) is 4. The van der Waals surface area contributed by atoms with Crippen LogP contribution in [0, 0.1) is 9.85 Å². The van der Waals surface area contributed by atoms with Crippen LogP contribution in [0.5, 0.6) is 11.5 Å². The molecule has 6 heteroatoms. The van der Waals surface area contributed by atoms with Gasteiger partial charge in [-0.25, -0.2) is 4.79 Å². The summed E-state index contributed by atoms with van der Waals surface area (Å²) in [6.07, 6.45) is -0.767. The molecule has 102 valence electrons. The number of methoxy groups -OCH3 is 2. The predicted octanol–water partition coefficient (Wildman–Crippen LogP) is 2.75. The summed E-state index contributed by atoms with van der Waals surface area (Å²) in [6, 6.07) is 5.23. The van der Waals surface area contributed by atoms with Gasteiger partial charge in [0.05, 0.1) is 14.2 Å². The summed E-state index contributed by atoms with van der Waals surface area (Å²) in [6.45, 7) is 0.0746. The highest BCUT2D eigenvalue weighted by atomic mass is 127. The molecule has 0 unspecified atom stereocenters. The lowest BCUT2D eigenvalue weighted by molar-refractivity contribution is 0.0584. The minimum atomic E-state index is -0.767. The Hall–Kier alpha value is -1.62. The van der Waals surface area contributed by atoms with Crippen molar-refractivity contribution in [2.75, 3.05) is 20.8 Å². The third-order valence-electron chi connectivity index (χ3n) is 2.17. The van der Waals surface area contributed by atoms with Crippen LogP contribution < -0.4 is 9.47 Å². The van der Waals surface area contributed by atoms with Gasteiger partial charge < -0.3 is 18.9 Å². The lowest BCUT2D eigenvalue weighted by Gasteiger charge is -2.10. The molecule has 0 atom stereocenters. The SMILES string of the molecule is COc1ccc(COC(=O)OCC#CI)c(OC)c1. The monoisotopic (exact) mass is 376 g/mol. The Morgan fingerprint density at radius 1 is 1.26 bits per heavy atom. The Labute approximate surface area is 125 Å². The summed E-state index contributed by atoms with van der Waals surface area (Å²) < 4.78 is 22.5. The fourth-order valence-electron chi connectivity index (χ4n) is 1.27. The van der Waals surface area contributed by atoms with Crippen molar-refractivity contribution in [1.29, 1.82) is 0 Å². The van der Waals surface area contributed by atoms with Crippen molar-refractivity contribution in [2.24, 2.45) is 0 Å². The molecule has 0 bridgehead atoms. The second-order valence-corrected chi connectivity index (χ2v) is 3.82. The summed E-state index contributed by atoms with van der Waals surface area (Å²) in [5.41, 5.74) is 0.722. The lowest BCUT2D eigenvalue weighted by Crippen LogP contribution is -2.08. The van der Waals surface area contributed by atoms with Crippen molar-refractivity contribution < 1.29 is 23.7 Å². The molecule has 0 aliphatic carbocycles. The standard InChI is InChI=1S/C13H13IO5/c1-16-11-5-4-10(12(8-11)17-2)9-19-13(15)18-7-3-6-14/h4-5,8H,7,9H2,1-2H3. The highest BCUT2D eigenvalue weighted by Gasteiger charge is 2.09. The van der Waals surface area contributed by atoms with Crippen LogP contribution in [-0.2, 0) is 16.1 Å². The maximum absolute atomic E-state index is 11.2. The summed E-state index contributed by atoms with van der Waals surface area (Å²) in [7, 11) is 3.10. The molecule has 0 heterocycles. The first-order valence-corrected chi connectivity index (χ1v) is 6.38. The average molecular weight is 376 g/mol. The number of carbonyl (C=O) groups is 1. The molecular formula is C13H13IO5. The van der Waals surface area contributed by atoms with E-state index in [4.69, 9.17) is 18.9 Å². The highest BCUT2D eigenvalue weighted by molar-refractivity contribution is 14.1. The van der Waals surface area contributed by atoms with Gasteiger partial charge in [0.15, 0.2) is 6.61 Å². The van der Waals surface area contributed by atoms with Crippen molar-refractivity contribution >= 4 is 28.7 Å². The Kier molecular flexibility index (Phi) is 6.89. The van der Waals surface area contributed by atoms with Gasteiger partial charge in [-0.05, 0) is 16.1 Å². The predicted molar refractivity (Wildman–Crippen MR) is 77.5 cm³/mol. The fraction of sp³-hybridized carbons (Fsp3) is 0.308. The zero-order valence-corrected chi connectivity index (χ0v) is 12.7. The Morgan fingerprint density at radius 3 is 2.68 bits per heavy atom. The van der Waals surface area contributed by atoms with Gasteiger partial charge in [-0.15, -0.1) is 0 Å². The molecule has 1 aromatic carbocycles. The summed E-state index contributed by atoms with van der Waals surface area (Å²) >= 11 is 1.86. The van der Waals surface area contributed by atoms with Gasteiger partial charge in [0, 0.05) is 34.2 Å². The van der Waals surface area contributed by atoms with Crippen LogP contribution in [-0.4, -0.2) is 27.0 Å². The van der Waals surface area contributed by atoms with Gasteiger partial charge in [0.2, 0.25) is 0 Å². The summed E-state index contributed by atoms with van der Waals surface area (Å²) in [5, 5.41) is 0. The fourth-order valence-corrected chi connectivity index (χ4v) is 1.43. The molecule has 1 aromatic rings. The van der Waals surface area contributed by atoms with Gasteiger partial charge in [-0.3, -0.25) is 0 Å². The molecule has 1 rings (SSSR count). The molecule has 5 nitrogen and oxygen atoms in total. The highest BCUT2D eigenvalue weighted by Crippen LogP contribution is 2.25. The molecule has 0 aliphatic heterocycles. The van der Waals surface area contributed by atoms with Crippen molar-refractivity contribution in [1.82, 2.24) is 0 Å². The largest absolute Gasteiger partial charge is 0.509 e.